The van der Waals surface area contributed by atoms with E-state index in [1.807, 2.05) is 0 Å². The number of hydrogen-bond acceptors (Lipinski definition) is 5. The molecule has 1 aliphatic heterocycles. The number of rotatable bonds is 8. The molecule has 8 nitrogen and oxygen atoms in total. The molecule has 0 saturated carbocycles. The van der Waals surface area contributed by atoms with Crippen LogP contribution in [0, 0.1) is 17.6 Å². The van der Waals surface area contributed by atoms with Crippen LogP contribution in [0.1, 0.15) is 21.8 Å². The van der Waals surface area contributed by atoms with Crippen LogP contribution in [0.4, 0.5) is 23.2 Å². The van der Waals surface area contributed by atoms with E-state index in [2.05, 4.69) is 15.0 Å². The highest BCUT2D eigenvalue weighted by Gasteiger charge is 2.44. The van der Waals surface area contributed by atoms with E-state index in [9.17, 15) is 31.9 Å². The van der Waals surface area contributed by atoms with Gasteiger partial charge >= 0.3 is 6.61 Å². The van der Waals surface area contributed by atoms with Crippen molar-refractivity contribution in [3.8, 4) is 11.5 Å². The van der Waals surface area contributed by atoms with Gasteiger partial charge in [-0.2, -0.15) is 8.78 Å². The van der Waals surface area contributed by atoms with Crippen molar-refractivity contribution in [3.05, 3.63) is 87.8 Å². The van der Waals surface area contributed by atoms with Gasteiger partial charge in [-0.15, -0.1) is 0 Å². The lowest BCUT2D eigenvalue weighted by atomic mass is 9.87. The molecule has 37 heavy (non-hydrogen) atoms. The molecule has 1 unspecified atom stereocenters. The van der Waals surface area contributed by atoms with Crippen molar-refractivity contribution in [1.29, 1.82) is 0 Å². The van der Waals surface area contributed by atoms with Crippen LogP contribution in [0.2, 0.25) is 0 Å². The summed E-state index contributed by atoms with van der Waals surface area (Å²) < 4.78 is 63.8. The summed E-state index contributed by atoms with van der Waals surface area (Å²) in [5, 5.41) is 2.55. The molecular weight excluding hydrogens is 498 g/mol. The van der Waals surface area contributed by atoms with Crippen molar-refractivity contribution in [2.75, 3.05) is 25.1 Å². The largest absolute Gasteiger partial charge is 0.497 e. The Hall–Kier alpha value is -4.35. The second-order valence-electron chi connectivity index (χ2n) is 8.16. The highest BCUT2D eigenvalue weighted by atomic mass is 19.3. The third-order valence-corrected chi connectivity index (χ3v) is 6.02. The first kappa shape index (κ1) is 25.7. The topological polar surface area (TPSA) is 101 Å². The Kier molecular flexibility index (Phi) is 7.46. The zero-order valence-corrected chi connectivity index (χ0v) is 19.3. The molecule has 0 aliphatic carbocycles. The van der Waals surface area contributed by atoms with Gasteiger partial charge in [-0.3, -0.25) is 14.4 Å². The van der Waals surface area contributed by atoms with Gasteiger partial charge < -0.3 is 24.7 Å². The minimum absolute atomic E-state index is 0.00438. The highest BCUT2D eigenvalue weighted by molar-refractivity contribution is 5.99. The van der Waals surface area contributed by atoms with E-state index >= 15 is 0 Å². The lowest BCUT2D eigenvalue weighted by molar-refractivity contribution is -0.120. The van der Waals surface area contributed by atoms with Crippen LogP contribution in [0.3, 0.4) is 0 Å². The predicted octanol–water partition coefficient (Wildman–Crippen LogP) is 3.44. The summed E-state index contributed by atoms with van der Waals surface area (Å²) >= 11 is 0. The summed E-state index contributed by atoms with van der Waals surface area (Å²) in [5.41, 5.74) is -0.866. The summed E-state index contributed by atoms with van der Waals surface area (Å²) in [6, 6.07) is 9.73. The molecule has 1 fully saturated rings. The van der Waals surface area contributed by atoms with Crippen molar-refractivity contribution in [1.82, 2.24) is 10.3 Å². The Morgan fingerprint density at radius 2 is 1.78 bits per heavy atom. The first-order chi connectivity index (χ1) is 17.7. The number of nitrogens with zero attached hydrogens (tertiary/aromatic N) is 1. The first-order valence-corrected chi connectivity index (χ1v) is 11.0. The molecule has 2 amide bonds. The highest BCUT2D eigenvalue weighted by Crippen LogP contribution is 2.38. The molecule has 1 aromatic heterocycles. The van der Waals surface area contributed by atoms with Gasteiger partial charge in [0.25, 0.3) is 11.5 Å². The van der Waals surface area contributed by atoms with E-state index in [1.54, 1.807) is 0 Å². The number of carbonyl (C=O) groups excluding carboxylic acids is 2. The van der Waals surface area contributed by atoms with Crippen molar-refractivity contribution < 1.29 is 36.6 Å². The maximum Gasteiger partial charge on any atom is 0.387 e. The van der Waals surface area contributed by atoms with Gasteiger partial charge in [-0.1, -0.05) is 0 Å². The van der Waals surface area contributed by atoms with Crippen LogP contribution < -0.4 is 25.2 Å². The van der Waals surface area contributed by atoms with Gasteiger partial charge in [0.1, 0.15) is 28.8 Å². The summed E-state index contributed by atoms with van der Waals surface area (Å²) in [4.78, 5) is 41.9. The summed E-state index contributed by atoms with van der Waals surface area (Å²) in [7, 11) is 1.25. The number of benzene rings is 2. The summed E-state index contributed by atoms with van der Waals surface area (Å²) in [6.07, 6.45) is 1.38. The number of pyridine rings is 1. The van der Waals surface area contributed by atoms with Crippen LogP contribution in [-0.4, -0.2) is 43.6 Å². The number of amides is 2. The Labute approximate surface area is 207 Å². The normalized spacial score (nSPS) is 17.2. The first-order valence-electron chi connectivity index (χ1n) is 11.0. The molecule has 4 rings (SSSR count). The van der Waals surface area contributed by atoms with Crippen molar-refractivity contribution in [2.24, 2.45) is 5.92 Å². The summed E-state index contributed by atoms with van der Waals surface area (Å²) in [6.45, 7) is -3.56. The van der Waals surface area contributed by atoms with Gasteiger partial charge in [0.05, 0.1) is 13.0 Å². The molecule has 3 aromatic rings. The predicted molar refractivity (Wildman–Crippen MR) is 124 cm³/mol. The second kappa shape index (κ2) is 10.7. The van der Waals surface area contributed by atoms with E-state index in [4.69, 9.17) is 4.74 Å². The monoisotopic (exact) mass is 519 g/mol. The lowest BCUT2D eigenvalue weighted by Gasteiger charge is -2.19. The third-order valence-electron chi connectivity index (χ3n) is 6.02. The standard InChI is InChI=1S/C25H21F4N3O5/c1-36-15-9-18(26)21(19(27)10-15)17-12-32(20-3-2-8-30-23(20)34)24(35)16(17)11-31-22(33)13-4-6-14(7-5-13)37-25(28)29/h2-10,16-17,25H,11-12H2,1H3,(H,30,34)(H,31,33)/t16?,17-/m1/s1. The Morgan fingerprint density at radius 3 is 2.38 bits per heavy atom. The quantitative estimate of drug-likeness (QED) is 0.444. The number of anilines is 1. The van der Waals surface area contributed by atoms with Crippen LogP contribution in [0.15, 0.2) is 59.5 Å². The number of aromatic nitrogens is 1. The van der Waals surface area contributed by atoms with Crippen molar-refractivity contribution >= 4 is 17.5 Å². The molecule has 0 radical (unpaired) electrons. The number of H-pyrrole nitrogens is 1. The van der Waals surface area contributed by atoms with Crippen LogP contribution in [-0.2, 0) is 4.79 Å². The molecule has 0 bridgehead atoms. The number of hydrogen-bond donors (Lipinski definition) is 2. The maximum absolute atomic E-state index is 15.0. The van der Waals surface area contributed by atoms with E-state index in [1.165, 1.54) is 49.7 Å². The smallest absolute Gasteiger partial charge is 0.387 e. The number of aromatic amines is 1. The van der Waals surface area contributed by atoms with Gasteiger partial charge in [0, 0.05) is 48.5 Å². The van der Waals surface area contributed by atoms with Crippen LogP contribution >= 0.6 is 0 Å². The van der Waals surface area contributed by atoms with Crippen molar-refractivity contribution in [2.45, 2.75) is 12.5 Å². The number of carbonyl (C=O) groups is 2. The van der Waals surface area contributed by atoms with E-state index in [0.29, 0.717) is 0 Å². The van der Waals surface area contributed by atoms with E-state index < -0.39 is 47.5 Å². The van der Waals surface area contributed by atoms with Gasteiger partial charge in [-0.05, 0) is 36.4 Å². The SMILES string of the molecule is COc1cc(F)c([C@@H]2CN(c3ccc[nH]c3=O)C(=O)C2CNC(=O)c2ccc(OC(F)F)cc2)c(F)c1. The molecule has 0 spiro atoms. The third kappa shape index (κ3) is 5.42. The van der Waals surface area contributed by atoms with E-state index in [-0.39, 0.29) is 41.4 Å². The zero-order valence-electron chi connectivity index (χ0n) is 19.3. The average molecular weight is 519 g/mol. The summed E-state index contributed by atoms with van der Waals surface area (Å²) in [5.74, 6) is -5.52. The molecular formula is C25H21F4N3O5. The van der Waals surface area contributed by atoms with Gasteiger partial charge in [0.15, 0.2) is 0 Å². The zero-order chi connectivity index (χ0) is 26.7. The molecule has 1 aliphatic rings. The lowest BCUT2D eigenvalue weighted by Crippen LogP contribution is -2.37. The van der Waals surface area contributed by atoms with Crippen LogP contribution in [0.25, 0.3) is 0 Å². The Morgan fingerprint density at radius 1 is 1.11 bits per heavy atom. The fourth-order valence-electron chi connectivity index (χ4n) is 4.28. The van der Waals surface area contributed by atoms with Crippen molar-refractivity contribution in [3.63, 3.8) is 0 Å². The molecule has 2 N–H and O–H groups in total. The number of nitrogens with one attached hydrogen (secondary N) is 2. The van der Waals surface area contributed by atoms with E-state index in [0.717, 1.165) is 17.0 Å². The number of methoxy groups -OCH3 is 1. The molecule has 2 aromatic carbocycles. The number of ether oxygens (including phenoxy) is 2. The second-order valence-corrected chi connectivity index (χ2v) is 8.16. The number of halogens is 4. The average Bonchev–Trinajstić information content (AvgIpc) is 3.17. The van der Waals surface area contributed by atoms with Gasteiger partial charge in [0.2, 0.25) is 5.91 Å². The molecule has 194 valence electrons. The maximum atomic E-state index is 15.0. The fourth-order valence-corrected chi connectivity index (χ4v) is 4.28. The molecule has 2 heterocycles. The minimum Gasteiger partial charge on any atom is -0.497 e. The number of alkyl halides is 2. The van der Waals surface area contributed by atoms with Crippen LogP contribution in [0.5, 0.6) is 11.5 Å². The fraction of sp³-hybridized carbons (Fsp3) is 0.240. The Bertz CT molecular complexity index is 1340. The molecule has 12 heteroatoms. The van der Waals surface area contributed by atoms with Gasteiger partial charge in [-0.25, -0.2) is 8.78 Å². The minimum atomic E-state index is -3.02. The molecule has 2 atom stereocenters. The Balaban J connectivity index is 1.61. The molecule has 1 saturated heterocycles.